The Morgan fingerprint density at radius 1 is 1.17 bits per heavy atom. The third-order valence-corrected chi connectivity index (χ3v) is 8.94. The molecule has 0 saturated carbocycles. The maximum atomic E-state index is 13.4. The number of sulfonamides is 1. The van der Waals surface area contributed by atoms with Gasteiger partial charge in [0.05, 0.1) is 10.4 Å². The van der Waals surface area contributed by atoms with E-state index in [0.29, 0.717) is 29.8 Å². The van der Waals surface area contributed by atoms with E-state index in [9.17, 15) is 13.2 Å². The van der Waals surface area contributed by atoms with Gasteiger partial charge in [-0.25, -0.2) is 13.4 Å². The number of carbonyl (C=O) groups is 1. The number of nitrogens with one attached hydrogen (secondary N) is 1. The molecule has 0 aliphatic carbocycles. The van der Waals surface area contributed by atoms with Crippen LogP contribution in [0.4, 0.5) is 10.8 Å². The van der Waals surface area contributed by atoms with Gasteiger partial charge in [0.1, 0.15) is 6.04 Å². The smallest absolute Gasteiger partial charge is 0.263 e. The second kappa shape index (κ2) is 9.76. The molecule has 2 aromatic carbocycles. The predicted molar refractivity (Wildman–Crippen MR) is 144 cm³/mol. The molecule has 5 rings (SSSR count). The molecule has 36 heavy (non-hydrogen) atoms. The molecule has 1 N–H and O–H groups in total. The Kier molecular flexibility index (Phi) is 6.67. The van der Waals surface area contributed by atoms with E-state index in [1.807, 2.05) is 53.8 Å². The summed E-state index contributed by atoms with van der Waals surface area (Å²) in [6, 6.07) is 14.1. The van der Waals surface area contributed by atoms with E-state index in [2.05, 4.69) is 14.6 Å². The Labute approximate surface area is 219 Å². The van der Waals surface area contributed by atoms with Crippen molar-refractivity contribution in [2.75, 3.05) is 29.3 Å². The van der Waals surface area contributed by atoms with Crippen molar-refractivity contribution in [3.05, 3.63) is 71.3 Å². The molecule has 188 valence electrons. The third-order valence-electron chi connectivity index (χ3n) is 6.54. The minimum absolute atomic E-state index is 0.00547. The first-order valence-corrected chi connectivity index (χ1v) is 14.3. The van der Waals surface area contributed by atoms with Crippen LogP contribution in [-0.2, 0) is 14.8 Å². The van der Waals surface area contributed by atoms with Gasteiger partial charge in [0.2, 0.25) is 5.91 Å². The first-order valence-electron chi connectivity index (χ1n) is 11.6. The second-order valence-electron chi connectivity index (χ2n) is 8.87. The zero-order valence-corrected chi connectivity index (χ0v) is 22.2. The summed E-state index contributed by atoms with van der Waals surface area (Å²) in [5, 5.41) is 3.73. The van der Waals surface area contributed by atoms with Crippen LogP contribution in [-0.4, -0.2) is 54.5 Å². The Morgan fingerprint density at radius 3 is 2.64 bits per heavy atom. The van der Waals surface area contributed by atoms with Gasteiger partial charge < -0.3 is 14.4 Å². The number of amides is 1. The number of rotatable bonds is 6. The van der Waals surface area contributed by atoms with Crippen molar-refractivity contribution in [3.63, 3.8) is 0 Å². The summed E-state index contributed by atoms with van der Waals surface area (Å²) in [5.74, 6) is 0.0642. The van der Waals surface area contributed by atoms with Gasteiger partial charge in [0.25, 0.3) is 10.0 Å². The minimum Gasteiger partial charge on any atom is -0.368 e. The van der Waals surface area contributed by atoms with Crippen molar-refractivity contribution in [1.29, 1.82) is 0 Å². The summed E-state index contributed by atoms with van der Waals surface area (Å²) in [6.45, 7) is 5.85. The normalized spacial score (nSPS) is 17.4. The van der Waals surface area contributed by atoms with Crippen molar-refractivity contribution in [2.24, 2.45) is 0 Å². The van der Waals surface area contributed by atoms with Crippen LogP contribution in [0.2, 0.25) is 5.02 Å². The highest BCUT2D eigenvalue weighted by Crippen LogP contribution is 2.27. The average Bonchev–Trinajstić information content (AvgIpc) is 3.52. The second-order valence-corrected chi connectivity index (χ2v) is 11.9. The van der Waals surface area contributed by atoms with Crippen molar-refractivity contribution >= 4 is 60.6 Å². The third kappa shape index (κ3) is 4.80. The summed E-state index contributed by atoms with van der Waals surface area (Å²) in [7, 11) is -3.70. The Balaban J connectivity index is 1.26. The standard InChI is InChI=1S/C25H26ClN5O3S2/c1-17-16-29(21-5-7-22(8-6-21)36(33,34)28-25-27-10-14-35-25)12-13-30(17)24(32)18(2)31-11-9-19-3-4-20(26)15-23(19)31/h3-11,14-15,17-18H,12-13,16H2,1-2H3,(H,27,28)/t17?,18-/m1/s1. The number of piperazine rings is 1. The van der Waals surface area contributed by atoms with Crippen LogP contribution in [0.25, 0.3) is 10.9 Å². The van der Waals surface area contributed by atoms with E-state index in [1.165, 1.54) is 11.3 Å². The lowest BCUT2D eigenvalue weighted by molar-refractivity contribution is -0.136. The molecule has 1 aliphatic rings. The summed E-state index contributed by atoms with van der Waals surface area (Å²) in [5.41, 5.74) is 1.86. The lowest BCUT2D eigenvalue weighted by Gasteiger charge is -2.42. The fourth-order valence-electron chi connectivity index (χ4n) is 4.62. The minimum atomic E-state index is -3.70. The summed E-state index contributed by atoms with van der Waals surface area (Å²) in [4.78, 5) is 21.7. The highest BCUT2D eigenvalue weighted by molar-refractivity contribution is 7.93. The molecule has 0 bridgehead atoms. The van der Waals surface area contributed by atoms with E-state index < -0.39 is 10.0 Å². The van der Waals surface area contributed by atoms with Gasteiger partial charge >= 0.3 is 0 Å². The molecule has 4 aromatic rings. The van der Waals surface area contributed by atoms with Gasteiger partial charge in [-0.1, -0.05) is 17.7 Å². The first kappa shape index (κ1) is 24.6. The summed E-state index contributed by atoms with van der Waals surface area (Å²) in [6.07, 6.45) is 3.48. The average molecular weight is 544 g/mol. The SMILES string of the molecule is CC1CN(c2ccc(S(=O)(=O)Nc3nccs3)cc2)CCN1C(=O)[C@@H](C)n1ccc2ccc(Cl)cc21. The van der Waals surface area contributed by atoms with Crippen molar-refractivity contribution in [1.82, 2.24) is 14.5 Å². The van der Waals surface area contributed by atoms with Crippen molar-refractivity contribution < 1.29 is 13.2 Å². The molecule has 0 radical (unpaired) electrons. The molecule has 1 saturated heterocycles. The number of halogens is 1. The van der Waals surface area contributed by atoms with Crippen LogP contribution in [0.3, 0.4) is 0 Å². The summed E-state index contributed by atoms with van der Waals surface area (Å²) < 4.78 is 29.7. The van der Waals surface area contributed by atoms with Crippen LogP contribution in [0.15, 0.2) is 71.2 Å². The molecule has 11 heteroatoms. The van der Waals surface area contributed by atoms with Gasteiger partial charge in [-0.05, 0) is 61.7 Å². The topological polar surface area (TPSA) is 87.5 Å². The number of fused-ring (bicyclic) bond motifs is 1. The largest absolute Gasteiger partial charge is 0.368 e. The molecule has 3 heterocycles. The van der Waals surface area contributed by atoms with Crippen LogP contribution in [0.5, 0.6) is 0 Å². The van der Waals surface area contributed by atoms with E-state index in [0.717, 1.165) is 16.6 Å². The van der Waals surface area contributed by atoms with Crippen molar-refractivity contribution in [3.8, 4) is 0 Å². The highest BCUT2D eigenvalue weighted by Gasteiger charge is 2.31. The maximum Gasteiger partial charge on any atom is 0.263 e. The zero-order chi connectivity index (χ0) is 25.4. The number of hydrogen-bond donors (Lipinski definition) is 1. The van der Waals surface area contributed by atoms with Crippen LogP contribution < -0.4 is 9.62 Å². The van der Waals surface area contributed by atoms with Crippen molar-refractivity contribution in [2.45, 2.75) is 30.8 Å². The van der Waals surface area contributed by atoms with E-state index in [4.69, 9.17) is 11.6 Å². The zero-order valence-electron chi connectivity index (χ0n) is 19.8. The predicted octanol–water partition coefficient (Wildman–Crippen LogP) is 4.85. The number of aromatic nitrogens is 2. The monoisotopic (exact) mass is 543 g/mol. The van der Waals surface area contributed by atoms with Gasteiger partial charge in [0.15, 0.2) is 5.13 Å². The molecular formula is C25H26ClN5O3S2. The van der Waals surface area contributed by atoms with Crippen LogP contribution in [0, 0.1) is 0 Å². The number of benzene rings is 2. The number of carbonyl (C=O) groups excluding carboxylic acids is 1. The molecule has 1 amide bonds. The maximum absolute atomic E-state index is 13.4. The van der Waals surface area contributed by atoms with Gasteiger partial charge in [-0.3, -0.25) is 9.52 Å². The first-order chi connectivity index (χ1) is 17.2. The van der Waals surface area contributed by atoms with E-state index >= 15 is 0 Å². The van der Waals surface area contributed by atoms with E-state index in [1.54, 1.807) is 35.8 Å². The number of anilines is 2. The fourth-order valence-corrected chi connectivity index (χ4v) is 6.58. The molecule has 1 unspecified atom stereocenters. The molecule has 2 atom stereocenters. The molecule has 8 nitrogen and oxygen atoms in total. The number of hydrogen-bond acceptors (Lipinski definition) is 6. The number of thiazole rings is 1. The lowest BCUT2D eigenvalue weighted by atomic mass is 10.1. The molecular weight excluding hydrogens is 518 g/mol. The van der Waals surface area contributed by atoms with Crippen LogP contribution in [0.1, 0.15) is 19.9 Å². The molecule has 1 fully saturated rings. The number of nitrogens with zero attached hydrogens (tertiary/aromatic N) is 4. The Morgan fingerprint density at radius 2 is 1.94 bits per heavy atom. The molecule has 2 aromatic heterocycles. The fraction of sp³-hybridized carbons (Fsp3) is 0.280. The lowest BCUT2D eigenvalue weighted by Crippen LogP contribution is -2.55. The molecule has 0 spiro atoms. The molecule has 1 aliphatic heterocycles. The van der Waals surface area contributed by atoms with Gasteiger partial charge in [-0.15, -0.1) is 11.3 Å². The highest BCUT2D eigenvalue weighted by atomic mass is 35.5. The van der Waals surface area contributed by atoms with Gasteiger partial charge in [0, 0.05) is 54.2 Å². The summed E-state index contributed by atoms with van der Waals surface area (Å²) >= 11 is 7.42. The van der Waals surface area contributed by atoms with Gasteiger partial charge in [-0.2, -0.15) is 0 Å². The van der Waals surface area contributed by atoms with Crippen LogP contribution >= 0.6 is 22.9 Å². The quantitative estimate of drug-likeness (QED) is 0.375. The van der Waals surface area contributed by atoms with E-state index in [-0.39, 0.29) is 22.9 Å². The Hall–Kier alpha value is -3.08. The Bertz CT molecular complexity index is 1490.